The maximum absolute atomic E-state index is 9.10. The Labute approximate surface area is 116 Å². The van der Waals surface area contributed by atoms with E-state index in [0.29, 0.717) is 16.8 Å². The number of thioether (sulfide) groups is 1. The maximum Gasteiger partial charge on any atom is 0.101 e. The van der Waals surface area contributed by atoms with Crippen LogP contribution in [0.25, 0.3) is 0 Å². The van der Waals surface area contributed by atoms with Crippen LogP contribution in [0.3, 0.4) is 0 Å². The molecule has 2 rings (SSSR count). The summed E-state index contributed by atoms with van der Waals surface area (Å²) < 4.78 is 0. The number of anilines is 2. The van der Waals surface area contributed by atoms with Crippen LogP contribution in [0.2, 0.25) is 0 Å². The first-order valence-corrected chi connectivity index (χ1v) is 6.85. The molecule has 0 spiro atoms. The van der Waals surface area contributed by atoms with E-state index in [2.05, 4.69) is 17.5 Å². The Morgan fingerprint density at radius 2 is 1.53 bits per heavy atom. The van der Waals surface area contributed by atoms with Gasteiger partial charge in [-0.15, -0.1) is 11.8 Å². The van der Waals surface area contributed by atoms with Gasteiger partial charge in [0.15, 0.2) is 0 Å². The van der Waals surface area contributed by atoms with E-state index in [1.54, 1.807) is 30.0 Å². The molecular weight excluding hydrogens is 254 g/mol. The van der Waals surface area contributed by atoms with E-state index < -0.39 is 0 Å². The van der Waals surface area contributed by atoms with E-state index >= 15 is 0 Å². The van der Waals surface area contributed by atoms with Gasteiger partial charge in [0.1, 0.15) is 12.1 Å². The van der Waals surface area contributed by atoms with Crippen LogP contribution in [0, 0.1) is 22.7 Å². The molecule has 0 aliphatic carbocycles. The van der Waals surface area contributed by atoms with E-state index in [9.17, 15) is 0 Å². The van der Waals surface area contributed by atoms with E-state index in [1.807, 2.05) is 30.5 Å². The molecule has 0 radical (unpaired) electrons. The van der Waals surface area contributed by atoms with Crippen LogP contribution in [-0.4, -0.2) is 6.26 Å². The highest BCUT2D eigenvalue weighted by Gasteiger charge is 2.08. The lowest BCUT2D eigenvalue weighted by atomic mass is 10.1. The topological polar surface area (TPSA) is 59.6 Å². The first-order chi connectivity index (χ1) is 9.28. The molecule has 2 aromatic carbocycles. The normalized spacial score (nSPS) is 9.42. The largest absolute Gasteiger partial charge is 0.353 e. The van der Waals surface area contributed by atoms with E-state index in [-0.39, 0.29) is 0 Å². The number of para-hydroxylation sites is 1. The fourth-order valence-electron chi connectivity index (χ4n) is 1.69. The lowest BCUT2D eigenvalue weighted by Crippen LogP contribution is -1.96. The molecule has 92 valence electrons. The van der Waals surface area contributed by atoms with Gasteiger partial charge in [-0.25, -0.2) is 0 Å². The molecule has 0 saturated carbocycles. The summed E-state index contributed by atoms with van der Waals surface area (Å²) in [7, 11) is 0. The van der Waals surface area contributed by atoms with Crippen molar-refractivity contribution in [2.24, 2.45) is 0 Å². The van der Waals surface area contributed by atoms with Crippen LogP contribution in [0.5, 0.6) is 0 Å². The molecule has 0 fully saturated rings. The van der Waals surface area contributed by atoms with Gasteiger partial charge < -0.3 is 5.32 Å². The molecule has 0 bridgehead atoms. The molecule has 1 N–H and O–H groups in total. The van der Waals surface area contributed by atoms with Crippen LogP contribution in [-0.2, 0) is 0 Å². The summed E-state index contributed by atoms with van der Waals surface area (Å²) >= 11 is 1.67. The van der Waals surface area contributed by atoms with Crippen molar-refractivity contribution in [1.29, 1.82) is 10.5 Å². The molecule has 3 nitrogen and oxygen atoms in total. The van der Waals surface area contributed by atoms with Crippen molar-refractivity contribution in [2.45, 2.75) is 4.90 Å². The molecule has 4 heteroatoms. The van der Waals surface area contributed by atoms with Crippen LogP contribution in [0.1, 0.15) is 11.1 Å². The molecule has 0 heterocycles. The van der Waals surface area contributed by atoms with E-state index in [1.165, 1.54) is 4.90 Å². The highest BCUT2D eigenvalue weighted by atomic mass is 32.2. The van der Waals surface area contributed by atoms with E-state index in [0.717, 1.165) is 5.69 Å². The standard InChI is InChI=1S/C15H11N3S/c1-19-14-7-5-13(6-8-14)18-15-11(9-16)3-2-4-12(15)10-17/h2-8,18H,1H3. The van der Waals surface area contributed by atoms with Crippen LogP contribution in [0.15, 0.2) is 47.4 Å². The van der Waals surface area contributed by atoms with Gasteiger partial charge >= 0.3 is 0 Å². The van der Waals surface area contributed by atoms with Gasteiger partial charge in [0.25, 0.3) is 0 Å². The molecule has 0 unspecified atom stereocenters. The summed E-state index contributed by atoms with van der Waals surface area (Å²) in [6.45, 7) is 0. The molecule has 0 atom stereocenters. The summed E-state index contributed by atoms with van der Waals surface area (Å²) in [6.07, 6.45) is 2.02. The second-order valence-electron chi connectivity index (χ2n) is 3.81. The highest BCUT2D eigenvalue weighted by molar-refractivity contribution is 7.98. The van der Waals surface area contributed by atoms with Gasteiger partial charge in [-0.1, -0.05) is 6.07 Å². The molecule has 0 aliphatic heterocycles. The van der Waals surface area contributed by atoms with Gasteiger partial charge in [-0.2, -0.15) is 10.5 Å². The van der Waals surface area contributed by atoms with E-state index in [4.69, 9.17) is 10.5 Å². The third kappa shape index (κ3) is 2.88. The van der Waals surface area contributed by atoms with Crippen LogP contribution in [0.4, 0.5) is 11.4 Å². The molecule has 0 amide bonds. The predicted octanol–water partition coefficient (Wildman–Crippen LogP) is 3.90. The first kappa shape index (κ1) is 13.0. The third-order valence-electron chi connectivity index (χ3n) is 2.66. The average Bonchev–Trinajstić information content (AvgIpc) is 2.48. The number of nitrogens with zero attached hydrogens (tertiary/aromatic N) is 2. The molecule has 19 heavy (non-hydrogen) atoms. The number of benzene rings is 2. The van der Waals surface area contributed by atoms with Crippen LogP contribution >= 0.6 is 11.8 Å². The Hall–Kier alpha value is -2.43. The minimum absolute atomic E-state index is 0.466. The Balaban J connectivity index is 2.37. The van der Waals surface area contributed by atoms with Gasteiger partial charge in [0.05, 0.1) is 16.8 Å². The van der Waals surface area contributed by atoms with Gasteiger partial charge in [0, 0.05) is 10.6 Å². The Kier molecular flexibility index (Phi) is 4.07. The molecular formula is C15H11N3S. The monoisotopic (exact) mass is 265 g/mol. The third-order valence-corrected chi connectivity index (χ3v) is 3.41. The number of nitrogens with one attached hydrogen (secondary N) is 1. The Morgan fingerprint density at radius 3 is 2.00 bits per heavy atom. The molecule has 0 aromatic heterocycles. The van der Waals surface area contributed by atoms with Crippen molar-refractivity contribution in [3.8, 4) is 12.1 Å². The summed E-state index contributed by atoms with van der Waals surface area (Å²) in [6, 6.07) is 17.1. The lowest BCUT2D eigenvalue weighted by molar-refractivity contribution is 1.40. The predicted molar refractivity (Wildman–Crippen MR) is 77.4 cm³/mol. The van der Waals surface area contributed by atoms with Crippen molar-refractivity contribution < 1.29 is 0 Å². The number of hydrogen-bond acceptors (Lipinski definition) is 4. The molecule has 0 saturated heterocycles. The molecule has 0 aliphatic rings. The second-order valence-corrected chi connectivity index (χ2v) is 4.68. The summed E-state index contributed by atoms with van der Waals surface area (Å²) in [5.74, 6) is 0. The zero-order valence-corrected chi connectivity index (χ0v) is 11.2. The SMILES string of the molecule is CSc1ccc(Nc2c(C#N)cccc2C#N)cc1. The summed E-state index contributed by atoms with van der Waals surface area (Å²) in [5, 5.41) is 21.3. The Bertz CT molecular complexity index is 631. The second kappa shape index (κ2) is 5.95. The zero-order chi connectivity index (χ0) is 13.7. The number of rotatable bonds is 3. The summed E-state index contributed by atoms with van der Waals surface area (Å²) in [5.41, 5.74) is 2.35. The smallest absolute Gasteiger partial charge is 0.101 e. The lowest BCUT2D eigenvalue weighted by Gasteiger charge is -2.10. The average molecular weight is 265 g/mol. The number of nitriles is 2. The Morgan fingerprint density at radius 1 is 0.947 bits per heavy atom. The van der Waals surface area contributed by atoms with Crippen molar-refractivity contribution in [3.63, 3.8) is 0 Å². The van der Waals surface area contributed by atoms with Crippen LogP contribution < -0.4 is 5.32 Å². The van der Waals surface area contributed by atoms with Gasteiger partial charge in [-0.05, 0) is 42.7 Å². The fraction of sp³-hybridized carbons (Fsp3) is 0.0667. The zero-order valence-electron chi connectivity index (χ0n) is 10.3. The molecule has 2 aromatic rings. The van der Waals surface area contributed by atoms with Crippen molar-refractivity contribution >= 4 is 23.1 Å². The number of hydrogen-bond donors (Lipinski definition) is 1. The highest BCUT2D eigenvalue weighted by Crippen LogP contribution is 2.26. The maximum atomic E-state index is 9.10. The first-order valence-electron chi connectivity index (χ1n) is 5.62. The summed E-state index contributed by atoms with van der Waals surface area (Å²) in [4.78, 5) is 1.17. The van der Waals surface area contributed by atoms with Gasteiger partial charge in [0.2, 0.25) is 0 Å². The van der Waals surface area contributed by atoms with Gasteiger partial charge in [-0.3, -0.25) is 0 Å². The minimum Gasteiger partial charge on any atom is -0.353 e. The van der Waals surface area contributed by atoms with Crippen molar-refractivity contribution in [3.05, 3.63) is 53.6 Å². The minimum atomic E-state index is 0.466. The quantitative estimate of drug-likeness (QED) is 0.855. The fourth-order valence-corrected chi connectivity index (χ4v) is 2.10. The van der Waals surface area contributed by atoms with Crippen molar-refractivity contribution in [2.75, 3.05) is 11.6 Å². The van der Waals surface area contributed by atoms with Crippen molar-refractivity contribution in [1.82, 2.24) is 0 Å².